The predicted molar refractivity (Wildman–Crippen MR) is 139 cm³/mol. The van der Waals surface area contributed by atoms with Gasteiger partial charge in [-0.1, -0.05) is 70.2 Å². The first-order valence-electron chi connectivity index (χ1n) is 9.99. The Morgan fingerprint density at radius 1 is 1.03 bits per heavy atom. The third-order valence-electron chi connectivity index (χ3n) is 4.60. The van der Waals surface area contributed by atoms with Crippen LogP contribution in [0, 0.1) is 0 Å². The Bertz CT molecular complexity index is 1240. The maximum atomic E-state index is 12.4. The van der Waals surface area contributed by atoms with Crippen LogP contribution in [-0.2, 0) is 4.79 Å². The van der Waals surface area contributed by atoms with E-state index in [1.54, 1.807) is 18.0 Å². The quantitative estimate of drug-likeness (QED) is 0.178. The van der Waals surface area contributed by atoms with Gasteiger partial charge in [-0.2, -0.15) is 5.10 Å². The second kappa shape index (κ2) is 11.3. The second-order valence-corrected chi connectivity index (χ2v) is 9.58. The summed E-state index contributed by atoms with van der Waals surface area (Å²) in [6.45, 7) is 0. The SMILES string of the molecule is CSc1ccc(/C=N\NC(=O)CSc2nnc(-c3ccccc3)n2-c2ccc(Br)cc2)cc1. The molecule has 0 radical (unpaired) electrons. The number of carbonyl (C=O) groups excluding carboxylic acids is 1. The highest BCUT2D eigenvalue weighted by molar-refractivity contribution is 9.10. The highest BCUT2D eigenvalue weighted by atomic mass is 79.9. The van der Waals surface area contributed by atoms with Crippen LogP contribution in [0.25, 0.3) is 17.1 Å². The number of aromatic nitrogens is 3. The van der Waals surface area contributed by atoms with E-state index in [-0.39, 0.29) is 11.7 Å². The van der Waals surface area contributed by atoms with E-state index >= 15 is 0 Å². The number of hydrazone groups is 1. The van der Waals surface area contributed by atoms with E-state index < -0.39 is 0 Å². The molecule has 33 heavy (non-hydrogen) atoms. The number of rotatable bonds is 8. The van der Waals surface area contributed by atoms with Gasteiger partial charge in [-0.05, 0) is 48.2 Å². The third kappa shape index (κ3) is 6.13. The van der Waals surface area contributed by atoms with Crippen molar-refractivity contribution in [2.45, 2.75) is 10.1 Å². The van der Waals surface area contributed by atoms with Crippen molar-refractivity contribution in [1.82, 2.24) is 20.2 Å². The van der Waals surface area contributed by atoms with Gasteiger partial charge in [0, 0.05) is 20.6 Å². The molecule has 1 heterocycles. The van der Waals surface area contributed by atoms with E-state index in [0.29, 0.717) is 11.0 Å². The molecule has 0 fully saturated rings. The fourth-order valence-corrected chi connectivity index (χ4v) is 4.41. The summed E-state index contributed by atoms with van der Waals surface area (Å²) in [5, 5.41) is 13.4. The van der Waals surface area contributed by atoms with Crippen LogP contribution >= 0.6 is 39.5 Å². The zero-order chi connectivity index (χ0) is 23.0. The van der Waals surface area contributed by atoms with Crippen LogP contribution in [0.15, 0.2) is 98.5 Å². The molecule has 6 nitrogen and oxygen atoms in total. The maximum Gasteiger partial charge on any atom is 0.250 e. The minimum absolute atomic E-state index is 0.159. The van der Waals surface area contributed by atoms with Crippen molar-refractivity contribution >= 4 is 51.6 Å². The number of nitrogens with zero attached hydrogens (tertiary/aromatic N) is 4. The normalized spacial score (nSPS) is 11.1. The average molecular weight is 538 g/mol. The van der Waals surface area contributed by atoms with Crippen LogP contribution in [0.5, 0.6) is 0 Å². The molecule has 0 aliphatic heterocycles. The van der Waals surface area contributed by atoms with E-state index in [4.69, 9.17) is 0 Å². The average Bonchev–Trinajstić information content (AvgIpc) is 3.28. The highest BCUT2D eigenvalue weighted by Gasteiger charge is 2.17. The Balaban J connectivity index is 1.47. The molecule has 9 heteroatoms. The lowest BCUT2D eigenvalue weighted by Crippen LogP contribution is -2.20. The Morgan fingerprint density at radius 2 is 1.76 bits per heavy atom. The smallest absolute Gasteiger partial charge is 0.250 e. The van der Waals surface area contributed by atoms with Gasteiger partial charge in [0.05, 0.1) is 12.0 Å². The first-order chi connectivity index (χ1) is 16.1. The van der Waals surface area contributed by atoms with E-state index in [9.17, 15) is 4.79 Å². The molecular weight excluding hydrogens is 518 g/mol. The van der Waals surface area contributed by atoms with Gasteiger partial charge < -0.3 is 0 Å². The highest BCUT2D eigenvalue weighted by Crippen LogP contribution is 2.28. The molecule has 1 N–H and O–H groups in total. The molecule has 0 atom stereocenters. The summed E-state index contributed by atoms with van der Waals surface area (Å²) in [6.07, 6.45) is 3.66. The first kappa shape index (κ1) is 23.3. The molecule has 4 aromatic rings. The molecule has 1 aromatic heterocycles. The summed E-state index contributed by atoms with van der Waals surface area (Å²) in [4.78, 5) is 13.5. The molecule has 166 valence electrons. The molecule has 0 bridgehead atoms. The van der Waals surface area contributed by atoms with Crippen molar-refractivity contribution in [1.29, 1.82) is 0 Å². The molecule has 0 unspecified atom stereocenters. The lowest BCUT2D eigenvalue weighted by atomic mass is 10.2. The number of benzene rings is 3. The maximum absolute atomic E-state index is 12.4. The fourth-order valence-electron chi connectivity index (χ4n) is 2.99. The molecule has 3 aromatic carbocycles. The number of hydrogen-bond acceptors (Lipinski definition) is 6. The number of carbonyl (C=O) groups is 1. The summed E-state index contributed by atoms with van der Waals surface area (Å²) in [7, 11) is 0. The minimum Gasteiger partial charge on any atom is -0.272 e. The third-order valence-corrected chi connectivity index (χ3v) is 6.80. The monoisotopic (exact) mass is 537 g/mol. The van der Waals surface area contributed by atoms with E-state index in [2.05, 4.69) is 36.7 Å². The van der Waals surface area contributed by atoms with Gasteiger partial charge in [-0.3, -0.25) is 9.36 Å². The van der Waals surface area contributed by atoms with E-state index in [1.165, 1.54) is 16.7 Å². The van der Waals surface area contributed by atoms with Crippen molar-refractivity contribution < 1.29 is 4.79 Å². The van der Waals surface area contributed by atoms with Crippen LogP contribution in [0.3, 0.4) is 0 Å². The zero-order valence-corrected chi connectivity index (χ0v) is 20.9. The summed E-state index contributed by atoms with van der Waals surface area (Å²) in [6, 6.07) is 25.7. The van der Waals surface area contributed by atoms with Gasteiger partial charge in [0.2, 0.25) is 0 Å². The standard InChI is InChI=1S/C24H20BrN5OS2/c1-32-21-13-7-17(8-14-21)15-26-27-22(31)16-33-24-29-28-23(18-5-3-2-4-6-18)30(24)20-11-9-19(25)10-12-20/h2-15H,16H2,1H3,(H,27,31)/b26-15-. The molecule has 0 saturated heterocycles. The Kier molecular flexibility index (Phi) is 7.98. The predicted octanol–water partition coefficient (Wildman–Crippen LogP) is 5.66. The van der Waals surface area contributed by atoms with Crippen LogP contribution in [0.1, 0.15) is 5.56 Å². The van der Waals surface area contributed by atoms with Gasteiger partial charge in [-0.25, -0.2) is 5.43 Å². The van der Waals surface area contributed by atoms with Gasteiger partial charge >= 0.3 is 0 Å². The van der Waals surface area contributed by atoms with Crippen molar-refractivity contribution in [2.75, 3.05) is 12.0 Å². The largest absolute Gasteiger partial charge is 0.272 e. The van der Waals surface area contributed by atoms with Crippen LogP contribution in [0.4, 0.5) is 0 Å². The molecule has 4 rings (SSSR count). The molecule has 0 aliphatic carbocycles. The number of halogens is 1. The Labute approximate surface area is 209 Å². The molecule has 1 amide bonds. The van der Waals surface area contributed by atoms with Gasteiger partial charge in [0.1, 0.15) is 0 Å². The fraction of sp³-hybridized carbons (Fsp3) is 0.0833. The number of hydrogen-bond donors (Lipinski definition) is 1. The summed E-state index contributed by atoms with van der Waals surface area (Å²) in [5.41, 5.74) is 5.35. The Hall–Kier alpha value is -2.88. The molecule has 0 spiro atoms. The minimum atomic E-state index is -0.219. The second-order valence-electron chi connectivity index (χ2n) is 6.84. The van der Waals surface area contributed by atoms with E-state index in [1.807, 2.05) is 89.7 Å². The van der Waals surface area contributed by atoms with Crippen molar-refractivity contribution in [3.63, 3.8) is 0 Å². The first-order valence-corrected chi connectivity index (χ1v) is 13.0. The summed E-state index contributed by atoms with van der Waals surface area (Å²) < 4.78 is 2.94. The molecular formula is C24H20BrN5OS2. The lowest BCUT2D eigenvalue weighted by Gasteiger charge is -2.10. The number of thioether (sulfide) groups is 2. The van der Waals surface area contributed by atoms with Crippen molar-refractivity contribution in [3.8, 4) is 17.1 Å². The summed E-state index contributed by atoms with van der Waals surface area (Å²) in [5.74, 6) is 0.655. The van der Waals surface area contributed by atoms with Crippen LogP contribution < -0.4 is 5.43 Å². The Morgan fingerprint density at radius 3 is 2.45 bits per heavy atom. The summed E-state index contributed by atoms with van der Waals surface area (Å²) >= 11 is 6.46. The topological polar surface area (TPSA) is 72.2 Å². The number of nitrogens with one attached hydrogen (secondary N) is 1. The zero-order valence-electron chi connectivity index (χ0n) is 17.7. The van der Waals surface area contributed by atoms with Crippen LogP contribution in [0.2, 0.25) is 0 Å². The lowest BCUT2D eigenvalue weighted by molar-refractivity contribution is -0.118. The van der Waals surface area contributed by atoms with Crippen molar-refractivity contribution in [3.05, 3.63) is 88.9 Å². The molecule has 0 aliphatic rings. The van der Waals surface area contributed by atoms with Gasteiger partial charge in [0.15, 0.2) is 11.0 Å². The van der Waals surface area contributed by atoms with Crippen LogP contribution in [-0.4, -0.2) is 38.9 Å². The number of amides is 1. The van der Waals surface area contributed by atoms with Gasteiger partial charge in [-0.15, -0.1) is 22.0 Å². The van der Waals surface area contributed by atoms with E-state index in [0.717, 1.165) is 21.3 Å². The van der Waals surface area contributed by atoms with Gasteiger partial charge in [0.25, 0.3) is 5.91 Å². The van der Waals surface area contributed by atoms with Crippen molar-refractivity contribution in [2.24, 2.45) is 5.10 Å². The molecule has 0 saturated carbocycles.